The van der Waals surface area contributed by atoms with Gasteiger partial charge >= 0.3 is 5.97 Å². The molecule has 1 aliphatic heterocycles. The number of nitrogens with one attached hydrogen (secondary N) is 1. The minimum absolute atomic E-state index is 0.0413. The molecule has 1 saturated heterocycles. The van der Waals surface area contributed by atoms with Crippen LogP contribution < -0.4 is 28.4 Å². The number of hydrogen-bond donors (Lipinski definition) is 6. The molecule has 0 aliphatic carbocycles. The monoisotopic (exact) mass is 496 g/mol. The summed E-state index contributed by atoms with van der Waals surface area (Å²) in [4.78, 5) is 31.0. The van der Waals surface area contributed by atoms with Gasteiger partial charge in [-0.2, -0.15) is 5.10 Å². The van der Waals surface area contributed by atoms with Crippen molar-refractivity contribution in [2.45, 2.75) is 89.7 Å². The number of nitrogens with zero attached hydrogens (tertiary/aromatic N) is 1. The molecule has 0 spiro atoms. The molecule has 1 amide bonds. The minimum atomic E-state index is -0.856. The second-order valence-corrected chi connectivity index (χ2v) is 7.60. The van der Waals surface area contributed by atoms with Crippen LogP contribution in [0.1, 0.15) is 53.4 Å². The van der Waals surface area contributed by atoms with Gasteiger partial charge in [-0.3, -0.25) is 9.59 Å². The molecule has 6 atom stereocenters. The predicted molar refractivity (Wildman–Crippen MR) is 138 cm³/mol. The van der Waals surface area contributed by atoms with E-state index >= 15 is 0 Å². The van der Waals surface area contributed by atoms with Crippen molar-refractivity contribution in [1.82, 2.24) is 5.43 Å². The fourth-order valence-corrected chi connectivity index (χ4v) is 1.82. The molecular formula is C21H42B2N6O6. The number of methoxy groups -OCH3 is 1. The fourth-order valence-electron chi connectivity index (χ4n) is 1.82. The first-order valence-corrected chi connectivity index (χ1v) is 11.1. The number of hydrazone groups is 1. The molecule has 12 nitrogen and oxygen atoms in total. The summed E-state index contributed by atoms with van der Waals surface area (Å²) < 4.78 is 9.53. The molecule has 0 aromatic heterocycles. The van der Waals surface area contributed by atoms with E-state index in [4.69, 9.17) is 48.5 Å². The van der Waals surface area contributed by atoms with Crippen LogP contribution in [-0.4, -0.2) is 88.0 Å². The van der Waals surface area contributed by atoms with Gasteiger partial charge in [0.05, 0.1) is 37.1 Å². The van der Waals surface area contributed by atoms with E-state index in [9.17, 15) is 14.4 Å². The largest absolute Gasteiger partial charge is 0.494 e. The van der Waals surface area contributed by atoms with Gasteiger partial charge in [-0.15, -0.1) is 0 Å². The molecule has 0 saturated carbocycles. The van der Waals surface area contributed by atoms with Crippen LogP contribution >= 0.6 is 0 Å². The number of amides is 1. The summed E-state index contributed by atoms with van der Waals surface area (Å²) >= 11 is 0. The van der Waals surface area contributed by atoms with E-state index in [2.05, 4.69) is 21.8 Å². The Labute approximate surface area is 211 Å². The van der Waals surface area contributed by atoms with Crippen LogP contribution in [0.3, 0.4) is 0 Å². The zero-order valence-corrected chi connectivity index (χ0v) is 21.5. The lowest BCUT2D eigenvalue weighted by Crippen LogP contribution is -2.33. The Morgan fingerprint density at radius 3 is 2.06 bits per heavy atom. The van der Waals surface area contributed by atoms with E-state index in [0.717, 1.165) is 18.6 Å². The minimum Gasteiger partial charge on any atom is -0.494 e. The Kier molecular flexibility index (Phi) is 23.7. The molecule has 14 heteroatoms. The van der Waals surface area contributed by atoms with Crippen molar-refractivity contribution in [3.63, 3.8) is 0 Å². The van der Waals surface area contributed by atoms with E-state index in [1.807, 2.05) is 20.8 Å². The molecule has 6 unspecified atom stereocenters. The number of esters is 1. The summed E-state index contributed by atoms with van der Waals surface area (Å²) in [5.74, 6) is 0.119. The molecule has 1 heterocycles. The van der Waals surface area contributed by atoms with Crippen LogP contribution in [-0.2, 0) is 23.9 Å². The van der Waals surface area contributed by atoms with E-state index in [-0.39, 0.29) is 30.5 Å². The maximum absolute atomic E-state index is 10.7. The lowest BCUT2D eigenvalue weighted by atomic mass is 9.92. The van der Waals surface area contributed by atoms with Gasteiger partial charge in [0, 0.05) is 37.6 Å². The molecular weight excluding hydrogens is 454 g/mol. The second-order valence-electron chi connectivity index (χ2n) is 7.60. The molecule has 10 N–H and O–H groups in total. The Hall–Kier alpha value is -2.25. The highest BCUT2D eigenvalue weighted by Crippen LogP contribution is 2.19. The average molecular weight is 496 g/mol. The molecule has 1 aliphatic rings. The summed E-state index contributed by atoms with van der Waals surface area (Å²) in [5.41, 5.74) is 23.1. The average Bonchev–Trinajstić information content (AvgIpc) is 3.07. The van der Waals surface area contributed by atoms with Crippen LogP contribution in [0.15, 0.2) is 17.4 Å². The van der Waals surface area contributed by atoms with Gasteiger partial charge in [-0.25, -0.2) is 5.43 Å². The fraction of sp³-hybridized carbons (Fsp3) is 0.714. The lowest BCUT2D eigenvalue weighted by molar-refractivity contribution is -0.140. The normalized spacial score (nSPS) is 19.7. The zero-order valence-electron chi connectivity index (χ0n) is 21.5. The second kappa shape index (κ2) is 22.2. The Morgan fingerprint density at radius 2 is 1.86 bits per heavy atom. The molecule has 4 radical (unpaired) electrons. The van der Waals surface area contributed by atoms with Gasteiger partial charge < -0.3 is 42.3 Å². The summed E-state index contributed by atoms with van der Waals surface area (Å²) in [6.07, 6.45) is 3.65. The first kappa shape index (κ1) is 37.3. The quantitative estimate of drug-likeness (QED) is 0.0965. The molecule has 1 fully saturated rings. The number of ether oxygens (including phenoxy) is 2. The van der Waals surface area contributed by atoms with Crippen molar-refractivity contribution in [3.8, 4) is 0 Å². The Morgan fingerprint density at radius 1 is 1.31 bits per heavy atom. The summed E-state index contributed by atoms with van der Waals surface area (Å²) in [6.45, 7) is 10.6. The topological polar surface area (TPSA) is 218 Å². The van der Waals surface area contributed by atoms with Gasteiger partial charge in [0.2, 0.25) is 5.91 Å². The standard InChI is InChI=1S/C7H13N3O3.C6H11NO.C4H10BNO.C4H8BNO/c1-5(11)10-9-4-6(8)3-7(12)13-2;1-4-3-6(7)5(2)8-4;2*1-2-3(6)4(5)7/h4,6H,3,8H2,1-2H3,(H,10,11);5-6H,1,3,7H2,2H3;3-4,7H,2,6H2,1H3;3H,2,6H2,1H3/b9-4+;;;. The van der Waals surface area contributed by atoms with Crippen molar-refractivity contribution >= 4 is 39.5 Å². The zero-order chi connectivity index (χ0) is 28.1. The highest BCUT2D eigenvalue weighted by molar-refractivity contribution is 6.59. The smallest absolute Gasteiger partial charge is 0.307 e. The van der Waals surface area contributed by atoms with E-state index < -0.39 is 29.7 Å². The first-order valence-electron chi connectivity index (χ1n) is 11.1. The van der Waals surface area contributed by atoms with E-state index in [0.29, 0.717) is 6.42 Å². The highest BCUT2D eigenvalue weighted by Gasteiger charge is 2.23. The molecule has 35 heavy (non-hydrogen) atoms. The van der Waals surface area contributed by atoms with E-state index in [1.54, 1.807) is 0 Å². The maximum atomic E-state index is 10.7. The maximum Gasteiger partial charge on any atom is 0.307 e. The Bertz CT molecular complexity index is 642. The third-order valence-electron chi connectivity index (χ3n) is 4.25. The first-order chi connectivity index (χ1) is 16.1. The Balaban J connectivity index is -0.000000407. The van der Waals surface area contributed by atoms with Crippen molar-refractivity contribution < 1.29 is 29.0 Å². The van der Waals surface area contributed by atoms with Gasteiger partial charge in [0.15, 0.2) is 7.85 Å². The molecule has 0 aromatic carbocycles. The predicted octanol–water partition coefficient (Wildman–Crippen LogP) is -1.74. The number of aliphatic hydroxyl groups excluding tert-OH is 1. The van der Waals surface area contributed by atoms with Gasteiger partial charge in [0.1, 0.15) is 14.0 Å². The van der Waals surface area contributed by atoms with Crippen molar-refractivity contribution in [2.75, 3.05) is 7.11 Å². The third kappa shape index (κ3) is 24.7. The van der Waals surface area contributed by atoms with Crippen LogP contribution in [0.4, 0.5) is 0 Å². The number of carbonyl (C=O) groups excluding carboxylic acids is 3. The van der Waals surface area contributed by atoms with Crippen LogP contribution in [0, 0.1) is 0 Å². The molecule has 198 valence electrons. The van der Waals surface area contributed by atoms with Gasteiger partial charge in [0.25, 0.3) is 0 Å². The van der Waals surface area contributed by atoms with Gasteiger partial charge in [-0.1, -0.05) is 20.4 Å². The van der Waals surface area contributed by atoms with Crippen LogP contribution in [0.2, 0.25) is 0 Å². The highest BCUT2D eigenvalue weighted by atomic mass is 16.5. The summed E-state index contributed by atoms with van der Waals surface area (Å²) in [5, 5.41) is 12.0. The van der Waals surface area contributed by atoms with Gasteiger partial charge in [-0.05, 0) is 19.8 Å². The van der Waals surface area contributed by atoms with Crippen molar-refractivity contribution in [2.24, 2.45) is 28.0 Å². The van der Waals surface area contributed by atoms with Crippen LogP contribution in [0.25, 0.3) is 0 Å². The number of aliphatic hydroxyl groups is 1. The number of nitrogens with two attached hydrogens (primary N) is 4. The van der Waals surface area contributed by atoms with E-state index in [1.165, 1.54) is 20.2 Å². The number of hydrogen-bond acceptors (Lipinski definition) is 11. The lowest BCUT2D eigenvalue weighted by Gasteiger charge is -2.10. The van der Waals surface area contributed by atoms with Crippen molar-refractivity contribution in [1.29, 1.82) is 0 Å². The third-order valence-corrected chi connectivity index (χ3v) is 4.25. The van der Waals surface area contributed by atoms with Crippen LogP contribution in [0.5, 0.6) is 0 Å². The molecule has 1 rings (SSSR count). The van der Waals surface area contributed by atoms with Crippen molar-refractivity contribution in [3.05, 3.63) is 12.3 Å². The summed E-state index contributed by atoms with van der Waals surface area (Å²) in [7, 11) is 11.0. The molecule has 0 aromatic rings. The SMILES string of the molecule is C=C1CC(N)C(C)O1.COC(=O)CC(N)/C=N/NC(C)=O.[B]C(=O)C(N)CC.[B]C(O)C(N)CC. The molecule has 0 bridgehead atoms. The summed E-state index contributed by atoms with van der Waals surface area (Å²) in [6, 6.07) is -1.95. The number of rotatable bonds is 8. The number of carbonyl (C=O) groups is 3.